The fourth-order valence-corrected chi connectivity index (χ4v) is 3.23. The second kappa shape index (κ2) is 10.6. The van der Waals surface area contributed by atoms with Crippen LogP contribution in [0.1, 0.15) is 19.3 Å². The van der Waals surface area contributed by atoms with Gasteiger partial charge in [0.1, 0.15) is 11.5 Å². The Labute approximate surface area is 177 Å². The number of hydrogen-bond donors (Lipinski definition) is 1. The Morgan fingerprint density at radius 3 is 2.73 bits per heavy atom. The van der Waals surface area contributed by atoms with E-state index >= 15 is 0 Å². The number of carbonyl (C=O) groups is 2. The fraction of sp³-hybridized carbons (Fsp3) is 0.391. The minimum absolute atomic E-state index is 0.0437. The molecule has 0 aromatic heterocycles. The number of hydrogen-bond acceptors (Lipinski definition) is 5. The van der Waals surface area contributed by atoms with Crippen molar-refractivity contribution in [2.75, 3.05) is 50.6 Å². The molecule has 0 atom stereocenters. The summed E-state index contributed by atoms with van der Waals surface area (Å²) in [7, 11) is 4.02. The molecular weight excluding hydrogens is 382 g/mol. The molecule has 2 amide bonds. The quantitative estimate of drug-likeness (QED) is 0.608. The van der Waals surface area contributed by atoms with Crippen molar-refractivity contribution in [3.63, 3.8) is 0 Å². The molecule has 30 heavy (non-hydrogen) atoms. The molecule has 0 unspecified atom stereocenters. The largest absolute Gasteiger partial charge is 0.494 e. The summed E-state index contributed by atoms with van der Waals surface area (Å²) in [6, 6.07) is 14.9. The Morgan fingerprint density at radius 2 is 1.97 bits per heavy atom. The second-order valence-corrected chi connectivity index (χ2v) is 7.49. The molecule has 160 valence electrons. The monoisotopic (exact) mass is 411 g/mol. The van der Waals surface area contributed by atoms with Crippen LogP contribution in [0.4, 0.5) is 11.4 Å². The third-order valence-corrected chi connectivity index (χ3v) is 4.73. The van der Waals surface area contributed by atoms with Crippen LogP contribution in [0.25, 0.3) is 0 Å². The van der Waals surface area contributed by atoms with Crippen LogP contribution >= 0.6 is 0 Å². The van der Waals surface area contributed by atoms with E-state index in [-0.39, 0.29) is 18.4 Å². The van der Waals surface area contributed by atoms with Gasteiger partial charge in [-0.2, -0.15) is 0 Å². The van der Waals surface area contributed by atoms with E-state index in [1.54, 1.807) is 23.1 Å². The molecule has 0 bridgehead atoms. The molecule has 7 nitrogen and oxygen atoms in total. The number of fused-ring (bicyclic) bond motifs is 1. The molecule has 1 heterocycles. The van der Waals surface area contributed by atoms with Crippen LogP contribution in [-0.2, 0) is 9.59 Å². The van der Waals surface area contributed by atoms with Gasteiger partial charge >= 0.3 is 0 Å². The summed E-state index contributed by atoms with van der Waals surface area (Å²) in [6.07, 6.45) is 1.83. The molecule has 1 N–H and O–H groups in total. The summed E-state index contributed by atoms with van der Waals surface area (Å²) >= 11 is 0. The number of ether oxygens (including phenoxy) is 2. The predicted octanol–water partition coefficient (Wildman–Crippen LogP) is 3.16. The maximum Gasteiger partial charge on any atom is 0.265 e. The topological polar surface area (TPSA) is 71.1 Å². The van der Waals surface area contributed by atoms with E-state index in [4.69, 9.17) is 9.47 Å². The fourth-order valence-electron chi connectivity index (χ4n) is 3.23. The minimum atomic E-state index is -0.0891. The number of amides is 2. The lowest BCUT2D eigenvalue weighted by Crippen LogP contribution is -2.40. The van der Waals surface area contributed by atoms with E-state index < -0.39 is 0 Å². The zero-order valence-electron chi connectivity index (χ0n) is 17.6. The van der Waals surface area contributed by atoms with E-state index in [9.17, 15) is 9.59 Å². The van der Waals surface area contributed by atoms with Gasteiger partial charge in [-0.25, -0.2) is 0 Å². The summed E-state index contributed by atoms with van der Waals surface area (Å²) in [5, 5.41) is 2.90. The Hall–Kier alpha value is -3.06. The average molecular weight is 412 g/mol. The number of carbonyl (C=O) groups excluding carboxylic acids is 2. The zero-order valence-corrected chi connectivity index (χ0v) is 17.6. The maximum atomic E-state index is 12.3. The van der Waals surface area contributed by atoms with Gasteiger partial charge in [-0.1, -0.05) is 18.2 Å². The van der Waals surface area contributed by atoms with Crippen LogP contribution in [0.2, 0.25) is 0 Å². The molecule has 1 aliphatic heterocycles. The number of benzene rings is 2. The van der Waals surface area contributed by atoms with Gasteiger partial charge in [0.15, 0.2) is 6.61 Å². The first kappa shape index (κ1) is 21.6. The van der Waals surface area contributed by atoms with Crippen molar-refractivity contribution in [3.05, 3.63) is 48.5 Å². The highest BCUT2D eigenvalue weighted by Gasteiger charge is 2.25. The third-order valence-electron chi connectivity index (χ3n) is 4.73. The van der Waals surface area contributed by atoms with Crippen LogP contribution in [0.15, 0.2) is 48.5 Å². The molecule has 0 saturated carbocycles. The van der Waals surface area contributed by atoms with Crippen molar-refractivity contribution < 1.29 is 19.1 Å². The van der Waals surface area contributed by atoms with Crippen molar-refractivity contribution in [1.29, 1.82) is 0 Å². The van der Waals surface area contributed by atoms with Crippen LogP contribution < -0.4 is 19.7 Å². The molecule has 1 aliphatic rings. The van der Waals surface area contributed by atoms with Gasteiger partial charge in [0.2, 0.25) is 5.91 Å². The Kier molecular flexibility index (Phi) is 7.68. The number of para-hydroxylation sites is 1. The lowest BCUT2D eigenvalue weighted by molar-refractivity contribution is -0.121. The summed E-state index contributed by atoms with van der Waals surface area (Å²) in [5.41, 5.74) is 1.36. The highest BCUT2D eigenvalue weighted by atomic mass is 16.5. The van der Waals surface area contributed by atoms with Crippen molar-refractivity contribution in [2.24, 2.45) is 0 Å². The predicted molar refractivity (Wildman–Crippen MR) is 117 cm³/mol. The van der Waals surface area contributed by atoms with E-state index in [1.807, 2.05) is 44.4 Å². The molecule has 7 heteroatoms. The lowest BCUT2D eigenvalue weighted by atomic mass is 10.2. The van der Waals surface area contributed by atoms with E-state index in [2.05, 4.69) is 10.2 Å². The summed E-state index contributed by atoms with van der Waals surface area (Å²) in [6.45, 7) is 2.02. The highest BCUT2D eigenvalue weighted by Crippen LogP contribution is 2.34. The first-order chi connectivity index (χ1) is 14.5. The molecule has 0 aliphatic carbocycles. The standard InChI is InChI=1S/C23H29N3O4/c1-25(2)13-7-14-26-20-16-18(11-12-21(20)30-17-23(26)28)24-22(27)10-6-15-29-19-8-4-3-5-9-19/h3-5,8-9,11-12,16H,6-7,10,13-15,17H2,1-2H3,(H,24,27). The molecular formula is C23H29N3O4. The molecule has 0 fully saturated rings. The third kappa shape index (κ3) is 6.22. The smallest absolute Gasteiger partial charge is 0.265 e. The number of rotatable bonds is 10. The molecule has 0 spiro atoms. The number of nitrogens with zero attached hydrogens (tertiary/aromatic N) is 2. The SMILES string of the molecule is CN(C)CCCN1C(=O)COc2ccc(NC(=O)CCCOc3ccccc3)cc21. The summed E-state index contributed by atoms with van der Waals surface area (Å²) < 4.78 is 11.2. The second-order valence-electron chi connectivity index (χ2n) is 7.49. The van der Waals surface area contributed by atoms with Crippen molar-refractivity contribution >= 4 is 23.2 Å². The van der Waals surface area contributed by atoms with Crippen LogP contribution in [0, 0.1) is 0 Å². The van der Waals surface area contributed by atoms with Gasteiger partial charge < -0.3 is 24.6 Å². The van der Waals surface area contributed by atoms with Gasteiger partial charge in [0.05, 0.1) is 12.3 Å². The van der Waals surface area contributed by atoms with Gasteiger partial charge in [-0.15, -0.1) is 0 Å². The van der Waals surface area contributed by atoms with E-state index in [0.717, 1.165) is 18.7 Å². The summed E-state index contributed by atoms with van der Waals surface area (Å²) in [5.74, 6) is 1.30. The Bertz CT molecular complexity index is 855. The molecule has 0 saturated heterocycles. The summed E-state index contributed by atoms with van der Waals surface area (Å²) in [4.78, 5) is 28.5. The highest BCUT2D eigenvalue weighted by molar-refractivity contribution is 5.99. The maximum absolute atomic E-state index is 12.3. The van der Waals surface area contributed by atoms with Gasteiger partial charge in [-0.3, -0.25) is 9.59 Å². The first-order valence-corrected chi connectivity index (χ1v) is 10.2. The molecule has 3 rings (SSSR count). The van der Waals surface area contributed by atoms with E-state index in [0.29, 0.717) is 43.1 Å². The average Bonchev–Trinajstić information content (AvgIpc) is 2.73. The zero-order chi connectivity index (χ0) is 21.3. The number of anilines is 2. The normalized spacial score (nSPS) is 13.0. The Balaban J connectivity index is 1.53. The Morgan fingerprint density at radius 1 is 1.17 bits per heavy atom. The van der Waals surface area contributed by atoms with Crippen LogP contribution in [-0.4, -0.2) is 57.1 Å². The van der Waals surface area contributed by atoms with E-state index in [1.165, 1.54) is 0 Å². The van der Waals surface area contributed by atoms with Crippen LogP contribution in [0.3, 0.4) is 0 Å². The molecule has 0 radical (unpaired) electrons. The first-order valence-electron chi connectivity index (χ1n) is 10.2. The van der Waals surface area contributed by atoms with Crippen molar-refractivity contribution in [1.82, 2.24) is 4.90 Å². The molecule has 2 aromatic rings. The minimum Gasteiger partial charge on any atom is -0.494 e. The van der Waals surface area contributed by atoms with Crippen molar-refractivity contribution in [3.8, 4) is 11.5 Å². The molecule has 2 aromatic carbocycles. The number of nitrogens with one attached hydrogen (secondary N) is 1. The van der Waals surface area contributed by atoms with Gasteiger partial charge in [0, 0.05) is 18.7 Å². The van der Waals surface area contributed by atoms with Crippen molar-refractivity contribution in [2.45, 2.75) is 19.3 Å². The lowest BCUT2D eigenvalue weighted by Gasteiger charge is -2.30. The van der Waals surface area contributed by atoms with Crippen LogP contribution in [0.5, 0.6) is 11.5 Å². The van der Waals surface area contributed by atoms with Gasteiger partial charge in [0.25, 0.3) is 5.91 Å². The van der Waals surface area contributed by atoms with Gasteiger partial charge in [-0.05, 0) is 63.8 Å².